The van der Waals surface area contributed by atoms with E-state index in [-0.39, 0.29) is 17.7 Å². The fourth-order valence-electron chi connectivity index (χ4n) is 8.11. The lowest BCUT2D eigenvalue weighted by molar-refractivity contribution is -0.385. The van der Waals surface area contributed by atoms with Crippen LogP contribution in [0.5, 0.6) is 0 Å². The zero-order chi connectivity index (χ0) is 42.3. The van der Waals surface area contributed by atoms with Gasteiger partial charge >= 0.3 is 0 Å². The molecule has 4 aromatic carbocycles. The average Bonchev–Trinajstić information content (AvgIpc) is 4.12. The molecule has 0 fully saturated rings. The van der Waals surface area contributed by atoms with Gasteiger partial charge in [0, 0.05) is 70.9 Å². The SMILES string of the molecule is C#CCC(c1cc(-c2c3nc(c(-c4ccccc4)c4ccc([nH]4)c(-c4ccccc4)c4nc(c(-c5ccccc5)c5ccc2[nH]5)C=C4)C=C3)ccc1[N+](=O)[O-])S(=O)(=O)N(C)C. The summed E-state index contributed by atoms with van der Waals surface area (Å²) in [5.74, 6) is 2.44. The Hall–Kier alpha value is -7.65. The van der Waals surface area contributed by atoms with E-state index in [0.717, 1.165) is 65.6 Å². The summed E-state index contributed by atoms with van der Waals surface area (Å²) in [4.78, 5) is 30.0. The molecule has 1 atom stereocenters. The summed E-state index contributed by atoms with van der Waals surface area (Å²) in [7, 11) is -1.31. The van der Waals surface area contributed by atoms with E-state index in [1.165, 1.54) is 20.2 Å². The first-order valence-corrected chi connectivity index (χ1v) is 21.1. The number of benzene rings is 4. The largest absolute Gasteiger partial charge is 0.354 e. The second-order valence-electron chi connectivity index (χ2n) is 14.9. The van der Waals surface area contributed by atoms with E-state index < -0.39 is 20.2 Å². The van der Waals surface area contributed by atoms with Crippen molar-refractivity contribution >= 4 is 62.1 Å². The maximum absolute atomic E-state index is 13.8. The molecule has 8 bridgehead atoms. The Balaban J connectivity index is 1.45. The van der Waals surface area contributed by atoms with Gasteiger partial charge in [0.25, 0.3) is 5.69 Å². The highest BCUT2D eigenvalue weighted by Gasteiger charge is 2.35. The first kappa shape index (κ1) is 38.8. The van der Waals surface area contributed by atoms with Gasteiger partial charge in [0.05, 0.1) is 33.3 Å². The summed E-state index contributed by atoms with van der Waals surface area (Å²) in [5, 5.41) is 11.2. The molecule has 0 saturated heterocycles. The molecule has 3 aromatic heterocycles. The molecule has 11 heteroatoms. The van der Waals surface area contributed by atoms with E-state index in [4.69, 9.17) is 16.4 Å². The van der Waals surface area contributed by atoms with E-state index in [1.54, 1.807) is 12.1 Å². The molecular formula is C50H38N6O4S. The molecule has 0 spiro atoms. The van der Waals surface area contributed by atoms with Gasteiger partial charge in [-0.3, -0.25) is 10.1 Å². The number of H-pyrrole nitrogens is 2. The molecule has 2 aliphatic rings. The van der Waals surface area contributed by atoms with Gasteiger partial charge in [-0.2, -0.15) is 0 Å². The number of nitro groups is 1. The molecule has 0 amide bonds. The van der Waals surface area contributed by atoms with E-state index in [0.29, 0.717) is 28.0 Å². The van der Waals surface area contributed by atoms with Gasteiger partial charge in [0.2, 0.25) is 10.0 Å². The van der Waals surface area contributed by atoms with Crippen molar-refractivity contribution in [1.29, 1.82) is 0 Å². The molecular weight excluding hydrogens is 781 g/mol. The van der Waals surface area contributed by atoms with Crippen molar-refractivity contribution < 1.29 is 13.3 Å². The normalized spacial score (nSPS) is 12.7. The fourth-order valence-corrected chi connectivity index (χ4v) is 9.43. The van der Waals surface area contributed by atoms with Gasteiger partial charge in [-0.05, 0) is 83.0 Å². The minimum Gasteiger partial charge on any atom is -0.354 e. The highest BCUT2D eigenvalue weighted by atomic mass is 32.2. The Morgan fingerprint density at radius 3 is 1.33 bits per heavy atom. The zero-order valence-electron chi connectivity index (χ0n) is 33.2. The number of sulfonamides is 1. The van der Waals surface area contributed by atoms with Gasteiger partial charge < -0.3 is 9.97 Å². The van der Waals surface area contributed by atoms with Crippen LogP contribution >= 0.6 is 0 Å². The molecule has 7 aromatic rings. The summed E-state index contributed by atoms with van der Waals surface area (Å²) in [6.07, 6.45) is 13.4. The number of aromatic nitrogens is 4. The quantitative estimate of drug-likeness (QED) is 0.0845. The first-order chi connectivity index (χ1) is 29.6. The van der Waals surface area contributed by atoms with Crippen LogP contribution in [0.4, 0.5) is 5.69 Å². The van der Waals surface area contributed by atoms with E-state index in [1.807, 2.05) is 115 Å². The summed E-state index contributed by atoms with van der Waals surface area (Å²) >= 11 is 0. The van der Waals surface area contributed by atoms with Crippen LogP contribution in [0.25, 0.3) is 90.9 Å². The fraction of sp³-hybridized carbons (Fsp3) is 0.0800. The monoisotopic (exact) mass is 818 g/mol. The lowest BCUT2D eigenvalue weighted by Gasteiger charge is -2.21. The maximum Gasteiger partial charge on any atom is 0.274 e. The molecule has 0 aliphatic carbocycles. The summed E-state index contributed by atoms with van der Waals surface area (Å²) in [6, 6.07) is 42.8. The predicted molar refractivity (Wildman–Crippen MR) is 246 cm³/mol. The summed E-state index contributed by atoms with van der Waals surface area (Å²) < 4.78 is 28.6. The van der Waals surface area contributed by atoms with Crippen molar-refractivity contribution in [2.75, 3.05) is 14.1 Å². The molecule has 1 unspecified atom stereocenters. The number of fused-ring (bicyclic) bond motifs is 8. The molecule has 0 saturated carbocycles. The Morgan fingerprint density at radius 2 is 0.984 bits per heavy atom. The summed E-state index contributed by atoms with van der Waals surface area (Å²) in [5.41, 5.74) is 12.2. The number of aromatic amines is 2. The van der Waals surface area contributed by atoms with Crippen molar-refractivity contribution in [3.8, 4) is 56.9 Å². The van der Waals surface area contributed by atoms with Crippen LogP contribution in [0.1, 0.15) is 40.0 Å². The van der Waals surface area contributed by atoms with Crippen molar-refractivity contribution in [3.05, 3.63) is 172 Å². The first-order valence-electron chi connectivity index (χ1n) is 19.6. The van der Waals surface area contributed by atoms with Gasteiger partial charge in [-0.1, -0.05) is 91.0 Å². The van der Waals surface area contributed by atoms with Crippen molar-refractivity contribution in [3.63, 3.8) is 0 Å². The molecule has 0 radical (unpaired) electrons. The van der Waals surface area contributed by atoms with Crippen LogP contribution in [0, 0.1) is 22.5 Å². The van der Waals surface area contributed by atoms with Gasteiger partial charge in [-0.15, -0.1) is 12.3 Å². The number of hydrogen-bond acceptors (Lipinski definition) is 6. The Morgan fingerprint density at radius 1 is 0.607 bits per heavy atom. The second kappa shape index (κ2) is 15.8. The van der Waals surface area contributed by atoms with Gasteiger partial charge in [-0.25, -0.2) is 22.7 Å². The van der Waals surface area contributed by atoms with E-state index >= 15 is 0 Å². The zero-order valence-corrected chi connectivity index (χ0v) is 34.0. The topological polar surface area (TPSA) is 138 Å². The number of nitro benzene ring substituents is 1. The van der Waals surface area contributed by atoms with E-state index in [9.17, 15) is 18.5 Å². The number of terminal acetylenes is 1. The van der Waals surface area contributed by atoms with Crippen LogP contribution in [0.15, 0.2) is 133 Å². The highest BCUT2D eigenvalue weighted by Crippen LogP contribution is 2.41. The Labute approximate surface area is 352 Å². The van der Waals surface area contributed by atoms with Crippen LogP contribution < -0.4 is 0 Å². The number of nitrogens with one attached hydrogen (secondary N) is 2. The van der Waals surface area contributed by atoms with Gasteiger partial charge in [0.15, 0.2) is 0 Å². The van der Waals surface area contributed by atoms with Crippen LogP contribution in [-0.2, 0) is 10.0 Å². The second-order valence-corrected chi connectivity index (χ2v) is 17.2. The Kier molecular flexibility index (Phi) is 10.1. The molecule has 10 nitrogen and oxygen atoms in total. The molecule has 9 rings (SSSR count). The average molecular weight is 819 g/mol. The third-order valence-corrected chi connectivity index (χ3v) is 13.1. The number of nitrogens with zero attached hydrogens (tertiary/aromatic N) is 4. The molecule has 2 N–H and O–H groups in total. The molecule has 5 heterocycles. The van der Waals surface area contributed by atoms with Gasteiger partial charge in [0.1, 0.15) is 5.25 Å². The molecule has 2 aliphatic heterocycles. The summed E-state index contributed by atoms with van der Waals surface area (Å²) in [6.45, 7) is 0. The molecule has 61 heavy (non-hydrogen) atoms. The van der Waals surface area contributed by atoms with Crippen molar-refractivity contribution in [2.45, 2.75) is 11.7 Å². The highest BCUT2D eigenvalue weighted by molar-refractivity contribution is 7.89. The number of hydrogen-bond donors (Lipinski definition) is 2. The Bertz CT molecular complexity index is 3220. The number of rotatable bonds is 9. The standard InChI is InChI=1S/C50H38N6O4S/c1-4-14-46(61(59,60)55(2)3)36-31-35(21-30-45(36)56(57)58)50-43-28-26-41(53-43)48(33-17-10-6-11-18-33)39-24-22-37(51-39)47(32-15-8-5-9-16-32)38-23-25-40(52-38)49(34-19-12-7-13-20-34)42-27-29-44(50)54-42/h1,5-13,15-31,46,51,54H,14H2,2-3H3. The maximum atomic E-state index is 13.8. The molecule has 298 valence electrons. The van der Waals surface area contributed by atoms with Crippen LogP contribution in [-0.4, -0.2) is 51.7 Å². The van der Waals surface area contributed by atoms with Crippen LogP contribution in [0.2, 0.25) is 0 Å². The predicted octanol–water partition coefficient (Wildman–Crippen LogP) is 11.2. The van der Waals surface area contributed by atoms with Crippen molar-refractivity contribution in [2.24, 2.45) is 0 Å². The minimum absolute atomic E-state index is 0.0154. The smallest absolute Gasteiger partial charge is 0.274 e. The van der Waals surface area contributed by atoms with Crippen molar-refractivity contribution in [1.82, 2.24) is 24.2 Å². The lowest BCUT2D eigenvalue weighted by atomic mass is 9.98. The lowest BCUT2D eigenvalue weighted by Crippen LogP contribution is -2.28. The van der Waals surface area contributed by atoms with E-state index in [2.05, 4.69) is 40.2 Å². The van der Waals surface area contributed by atoms with Crippen LogP contribution in [0.3, 0.4) is 0 Å². The third-order valence-electron chi connectivity index (χ3n) is 11.0. The third kappa shape index (κ3) is 7.14. The minimum atomic E-state index is -4.09.